The lowest BCUT2D eigenvalue weighted by molar-refractivity contribution is 0.0469. The van der Waals surface area contributed by atoms with Crippen molar-refractivity contribution in [3.8, 4) is 0 Å². The van der Waals surface area contributed by atoms with E-state index < -0.39 is 0 Å². The van der Waals surface area contributed by atoms with Crippen LogP contribution in [0.1, 0.15) is 25.7 Å². The number of aliphatic hydroxyl groups is 2. The molecular formula is C18H28O4. The van der Waals surface area contributed by atoms with Gasteiger partial charge in [0, 0.05) is 13.2 Å². The van der Waals surface area contributed by atoms with Crippen LogP contribution in [0.25, 0.3) is 0 Å². The summed E-state index contributed by atoms with van der Waals surface area (Å²) in [5, 5.41) is 19.6. The van der Waals surface area contributed by atoms with Gasteiger partial charge in [0.2, 0.25) is 0 Å². The molecule has 3 saturated carbocycles. The maximum atomic E-state index is 9.89. The van der Waals surface area contributed by atoms with Crippen LogP contribution in [-0.2, 0) is 9.47 Å². The van der Waals surface area contributed by atoms with Crippen LogP contribution in [0.2, 0.25) is 0 Å². The Labute approximate surface area is 132 Å². The van der Waals surface area contributed by atoms with Crippen molar-refractivity contribution < 1.29 is 19.7 Å². The van der Waals surface area contributed by atoms with Crippen molar-refractivity contribution >= 4 is 0 Å². The van der Waals surface area contributed by atoms with Crippen LogP contribution in [-0.4, -0.2) is 48.8 Å². The predicted molar refractivity (Wildman–Crippen MR) is 80.0 cm³/mol. The zero-order valence-corrected chi connectivity index (χ0v) is 13.1. The van der Waals surface area contributed by atoms with Crippen molar-refractivity contribution in [2.75, 3.05) is 26.4 Å². The Morgan fingerprint density at radius 1 is 0.727 bits per heavy atom. The molecule has 0 aromatic rings. The van der Waals surface area contributed by atoms with Gasteiger partial charge in [-0.1, -0.05) is 0 Å². The highest BCUT2D eigenvalue weighted by Gasteiger charge is 2.63. The van der Waals surface area contributed by atoms with Gasteiger partial charge in [-0.05, 0) is 73.0 Å². The summed E-state index contributed by atoms with van der Waals surface area (Å²) in [6.07, 6.45) is 6.00. The van der Waals surface area contributed by atoms with Crippen LogP contribution in [0.4, 0.5) is 0 Å². The highest BCUT2D eigenvalue weighted by atomic mass is 16.6. The first-order valence-electron chi connectivity index (χ1n) is 9.25. The van der Waals surface area contributed by atoms with Crippen molar-refractivity contribution in [3.05, 3.63) is 0 Å². The van der Waals surface area contributed by atoms with Crippen molar-refractivity contribution in [2.24, 2.45) is 47.3 Å². The average Bonchev–Trinajstić information content (AvgIpc) is 3.40. The fourth-order valence-electron chi connectivity index (χ4n) is 6.84. The van der Waals surface area contributed by atoms with Gasteiger partial charge in [0.25, 0.3) is 0 Å². The lowest BCUT2D eigenvalue weighted by Crippen LogP contribution is -2.37. The Morgan fingerprint density at radius 3 is 1.91 bits per heavy atom. The lowest BCUT2D eigenvalue weighted by atomic mass is 9.65. The molecule has 22 heavy (non-hydrogen) atoms. The molecule has 3 aliphatic carbocycles. The summed E-state index contributed by atoms with van der Waals surface area (Å²) in [6.45, 7) is 2.44. The molecule has 0 amide bonds. The highest BCUT2D eigenvalue weighted by Crippen LogP contribution is 2.68. The van der Waals surface area contributed by atoms with E-state index in [2.05, 4.69) is 0 Å². The van der Waals surface area contributed by atoms with Gasteiger partial charge in [-0.15, -0.1) is 0 Å². The second-order valence-electron chi connectivity index (χ2n) is 8.54. The molecule has 10 atom stereocenters. The van der Waals surface area contributed by atoms with Crippen LogP contribution in [0, 0.1) is 47.3 Å². The van der Waals surface area contributed by atoms with Crippen LogP contribution < -0.4 is 0 Å². The molecule has 2 heterocycles. The van der Waals surface area contributed by atoms with E-state index in [1.54, 1.807) is 0 Å². The molecule has 5 fully saturated rings. The van der Waals surface area contributed by atoms with Gasteiger partial charge in [0.15, 0.2) is 0 Å². The molecule has 2 aliphatic heterocycles. The zero-order chi connectivity index (χ0) is 14.8. The van der Waals surface area contributed by atoms with Gasteiger partial charge in [-0.2, -0.15) is 0 Å². The first kappa shape index (κ1) is 14.2. The second kappa shape index (κ2) is 5.17. The predicted octanol–water partition coefficient (Wildman–Crippen LogP) is 1.30. The fourth-order valence-corrected chi connectivity index (χ4v) is 6.84. The smallest absolute Gasteiger partial charge is 0.0812 e. The first-order chi connectivity index (χ1) is 10.8. The van der Waals surface area contributed by atoms with E-state index in [0.717, 1.165) is 49.2 Å². The van der Waals surface area contributed by atoms with Gasteiger partial charge >= 0.3 is 0 Å². The van der Waals surface area contributed by atoms with Gasteiger partial charge < -0.3 is 19.7 Å². The molecule has 5 aliphatic rings. The van der Waals surface area contributed by atoms with Crippen molar-refractivity contribution in [1.82, 2.24) is 0 Å². The van der Waals surface area contributed by atoms with Crippen LogP contribution >= 0.6 is 0 Å². The minimum absolute atomic E-state index is 0.254. The van der Waals surface area contributed by atoms with Gasteiger partial charge in [0.1, 0.15) is 0 Å². The molecule has 0 radical (unpaired) electrons. The SMILES string of the molecule is OCC1CC2C3CC(C(CC4CO4)C3CC3CO3)C2C1CO. The average molecular weight is 308 g/mol. The van der Waals surface area contributed by atoms with Crippen LogP contribution in [0.15, 0.2) is 0 Å². The van der Waals surface area contributed by atoms with E-state index in [0.29, 0.717) is 30.0 Å². The molecule has 0 spiro atoms. The third-order valence-electron chi connectivity index (χ3n) is 7.73. The number of hydrogen-bond donors (Lipinski definition) is 2. The molecule has 2 saturated heterocycles. The molecule has 4 nitrogen and oxygen atoms in total. The van der Waals surface area contributed by atoms with Crippen molar-refractivity contribution in [3.63, 3.8) is 0 Å². The summed E-state index contributed by atoms with van der Waals surface area (Å²) >= 11 is 0. The Bertz CT molecular complexity index is 433. The van der Waals surface area contributed by atoms with E-state index >= 15 is 0 Å². The molecule has 0 aromatic carbocycles. The van der Waals surface area contributed by atoms with E-state index in [-0.39, 0.29) is 13.2 Å². The first-order valence-corrected chi connectivity index (χ1v) is 9.25. The number of hydrogen-bond acceptors (Lipinski definition) is 4. The molecule has 0 aromatic heterocycles. The fraction of sp³-hybridized carbons (Fsp3) is 1.00. The third-order valence-corrected chi connectivity index (χ3v) is 7.73. The Balaban J connectivity index is 1.40. The molecular weight excluding hydrogens is 280 g/mol. The summed E-state index contributed by atoms with van der Waals surface area (Å²) in [6, 6.07) is 0. The summed E-state index contributed by atoms with van der Waals surface area (Å²) in [7, 11) is 0. The Hall–Kier alpha value is -0.160. The van der Waals surface area contributed by atoms with Gasteiger partial charge in [-0.3, -0.25) is 0 Å². The van der Waals surface area contributed by atoms with Crippen LogP contribution in [0.3, 0.4) is 0 Å². The summed E-state index contributed by atoms with van der Waals surface area (Å²) in [5.41, 5.74) is 0. The van der Waals surface area contributed by atoms with Gasteiger partial charge in [0.05, 0.1) is 25.4 Å². The molecule has 2 N–H and O–H groups in total. The summed E-state index contributed by atoms with van der Waals surface area (Å²) < 4.78 is 11.1. The summed E-state index contributed by atoms with van der Waals surface area (Å²) in [4.78, 5) is 0. The standard InChI is InChI=1S/C18H28O4/c19-5-9-1-15-14-4-16(18(15)17(9)6-20)13(3-11-8-22-11)12(14)2-10-7-21-10/h9-20H,1-8H2. The number of rotatable bonds is 6. The van der Waals surface area contributed by atoms with Crippen molar-refractivity contribution in [1.29, 1.82) is 0 Å². The number of fused-ring (bicyclic) bond motifs is 5. The number of aliphatic hydroxyl groups excluding tert-OH is 2. The van der Waals surface area contributed by atoms with E-state index in [9.17, 15) is 10.2 Å². The minimum atomic E-state index is 0.254. The van der Waals surface area contributed by atoms with E-state index in [4.69, 9.17) is 9.47 Å². The minimum Gasteiger partial charge on any atom is -0.396 e. The topological polar surface area (TPSA) is 65.5 Å². The summed E-state index contributed by atoms with van der Waals surface area (Å²) in [5.74, 6) is 5.23. The Morgan fingerprint density at radius 2 is 1.36 bits per heavy atom. The second-order valence-corrected chi connectivity index (χ2v) is 8.54. The zero-order valence-electron chi connectivity index (χ0n) is 13.1. The van der Waals surface area contributed by atoms with Crippen molar-refractivity contribution in [2.45, 2.75) is 37.9 Å². The van der Waals surface area contributed by atoms with Crippen LogP contribution in [0.5, 0.6) is 0 Å². The number of epoxide rings is 2. The number of ether oxygens (including phenoxy) is 2. The monoisotopic (exact) mass is 308 g/mol. The highest BCUT2D eigenvalue weighted by molar-refractivity contribution is 5.11. The van der Waals surface area contributed by atoms with E-state index in [1.165, 1.54) is 19.3 Å². The van der Waals surface area contributed by atoms with E-state index in [1.807, 2.05) is 0 Å². The molecule has 124 valence electrons. The Kier molecular flexibility index (Phi) is 3.34. The maximum absolute atomic E-state index is 9.89. The molecule has 4 heteroatoms. The third kappa shape index (κ3) is 2.10. The molecule has 5 rings (SSSR count). The quantitative estimate of drug-likeness (QED) is 0.726. The maximum Gasteiger partial charge on any atom is 0.0812 e. The van der Waals surface area contributed by atoms with Gasteiger partial charge in [-0.25, -0.2) is 0 Å². The molecule has 10 unspecified atom stereocenters. The lowest BCUT2D eigenvalue weighted by Gasteiger charge is -2.40. The molecule has 2 bridgehead atoms. The largest absolute Gasteiger partial charge is 0.396 e. The normalized spacial score (nSPS) is 58.1.